The Balaban J connectivity index is 2.40. The van der Waals surface area contributed by atoms with E-state index in [0.29, 0.717) is 11.3 Å². The van der Waals surface area contributed by atoms with Gasteiger partial charge < -0.3 is 9.32 Å². The average molecular weight is 288 g/mol. The molecule has 1 aromatic heterocycles. The van der Waals surface area contributed by atoms with Crippen molar-refractivity contribution in [1.82, 2.24) is 4.90 Å². The minimum atomic E-state index is 0.0464. The van der Waals surface area contributed by atoms with E-state index in [1.165, 1.54) is 0 Å². The normalized spacial score (nSPS) is 10.4. The molecule has 0 aliphatic carbocycles. The van der Waals surface area contributed by atoms with Crippen LogP contribution in [0.4, 0.5) is 0 Å². The van der Waals surface area contributed by atoms with Crippen LogP contribution < -0.4 is 0 Å². The summed E-state index contributed by atoms with van der Waals surface area (Å²) in [7, 11) is 1.84. The molecule has 0 aliphatic rings. The first-order chi connectivity index (χ1) is 7.66. The maximum absolute atomic E-state index is 11.9. The van der Waals surface area contributed by atoms with Crippen LogP contribution in [-0.2, 0) is 0 Å². The van der Waals surface area contributed by atoms with Gasteiger partial charge in [0.2, 0.25) is 0 Å². The van der Waals surface area contributed by atoms with Crippen LogP contribution in [0, 0.1) is 6.92 Å². The fourth-order valence-corrected chi connectivity index (χ4v) is 1.93. The number of hydrogen-bond donors (Lipinski definition) is 0. The maximum atomic E-state index is 11.9. The van der Waals surface area contributed by atoms with Gasteiger partial charge in [0.05, 0.1) is 11.8 Å². The van der Waals surface area contributed by atoms with E-state index in [2.05, 4.69) is 15.9 Å². The Bertz CT molecular complexity index is 336. The third-order valence-electron chi connectivity index (χ3n) is 2.56. The van der Waals surface area contributed by atoms with Gasteiger partial charge in [-0.05, 0) is 25.8 Å². The largest absolute Gasteiger partial charge is 0.469 e. The van der Waals surface area contributed by atoms with Crippen LogP contribution in [0.1, 0.15) is 35.4 Å². The van der Waals surface area contributed by atoms with Gasteiger partial charge in [0.1, 0.15) is 5.76 Å². The van der Waals surface area contributed by atoms with Gasteiger partial charge in [0.25, 0.3) is 5.91 Å². The van der Waals surface area contributed by atoms with Gasteiger partial charge in [-0.1, -0.05) is 22.4 Å². The van der Waals surface area contributed by atoms with Gasteiger partial charge in [-0.25, -0.2) is 0 Å². The van der Waals surface area contributed by atoms with Crippen LogP contribution in [0.25, 0.3) is 0 Å². The molecule has 0 N–H and O–H groups in total. The third kappa shape index (κ3) is 3.67. The summed E-state index contributed by atoms with van der Waals surface area (Å²) in [6.45, 7) is 2.61. The van der Waals surface area contributed by atoms with Gasteiger partial charge in [-0.15, -0.1) is 0 Å². The zero-order chi connectivity index (χ0) is 12.0. The number of aryl methyl sites for hydroxylation is 1. The molecule has 0 saturated heterocycles. The monoisotopic (exact) mass is 287 g/mol. The molecule has 0 saturated carbocycles. The molecule has 0 spiro atoms. The maximum Gasteiger partial charge on any atom is 0.257 e. The van der Waals surface area contributed by atoms with E-state index in [9.17, 15) is 4.79 Å². The topological polar surface area (TPSA) is 33.5 Å². The molecule has 1 aromatic rings. The second kappa shape index (κ2) is 6.74. The first kappa shape index (κ1) is 13.3. The molecule has 0 radical (unpaired) electrons. The average Bonchev–Trinajstić information content (AvgIpc) is 2.69. The number of alkyl halides is 1. The zero-order valence-corrected chi connectivity index (χ0v) is 11.4. The molecule has 1 rings (SSSR count). The van der Waals surface area contributed by atoms with Crippen molar-refractivity contribution in [2.24, 2.45) is 0 Å². The molecule has 0 atom stereocenters. The number of unbranched alkanes of at least 4 members (excludes halogenated alkanes) is 2. The molecule has 3 nitrogen and oxygen atoms in total. The summed E-state index contributed by atoms with van der Waals surface area (Å²) in [4.78, 5) is 13.7. The molecule has 4 heteroatoms. The van der Waals surface area contributed by atoms with Gasteiger partial charge in [-0.2, -0.15) is 0 Å². The number of halogens is 1. The highest BCUT2D eigenvalue weighted by Crippen LogP contribution is 2.11. The highest BCUT2D eigenvalue weighted by Gasteiger charge is 2.15. The molecule has 0 aromatic carbocycles. The molecule has 1 amide bonds. The lowest BCUT2D eigenvalue weighted by atomic mass is 10.2. The second-order valence-corrected chi connectivity index (χ2v) is 4.66. The van der Waals surface area contributed by atoms with E-state index in [0.717, 1.165) is 31.1 Å². The van der Waals surface area contributed by atoms with Crippen LogP contribution in [0.3, 0.4) is 0 Å². The van der Waals surface area contributed by atoms with Crippen molar-refractivity contribution in [3.63, 3.8) is 0 Å². The number of amides is 1. The Kier molecular flexibility index (Phi) is 5.60. The molecular weight excluding hydrogens is 270 g/mol. The number of hydrogen-bond acceptors (Lipinski definition) is 2. The summed E-state index contributed by atoms with van der Waals surface area (Å²) in [6.07, 6.45) is 4.91. The fourth-order valence-electron chi connectivity index (χ4n) is 1.53. The first-order valence-electron chi connectivity index (χ1n) is 5.52. The van der Waals surface area contributed by atoms with Crippen molar-refractivity contribution in [3.8, 4) is 0 Å². The van der Waals surface area contributed by atoms with Crippen molar-refractivity contribution in [3.05, 3.63) is 23.7 Å². The van der Waals surface area contributed by atoms with E-state index < -0.39 is 0 Å². The van der Waals surface area contributed by atoms with E-state index in [1.54, 1.807) is 17.2 Å². The van der Waals surface area contributed by atoms with Crippen molar-refractivity contribution < 1.29 is 9.21 Å². The lowest BCUT2D eigenvalue weighted by molar-refractivity contribution is 0.0791. The Labute approximate surface area is 105 Å². The zero-order valence-electron chi connectivity index (χ0n) is 9.83. The molecule has 0 aliphatic heterocycles. The highest BCUT2D eigenvalue weighted by molar-refractivity contribution is 9.09. The summed E-state index contributed by atoms with van der Waals surface area (Å²) in [5, 5.41) is 1.03. The van der Waals surface area contributed by atoms with E-state index in [1.807, 2.05) is 14.0 Å². The lowest BCUT2D eigenvalue weighted by Crippen LogP contribution is -2.27. The predicted octanol–water partition coefficient (Wildman–Crippen LogP) is 3.23. The van der Waals surface area contributed by atoms with Crippen LogP contribution in [0.2, 0.25) is 0 Å². The summed E-state index contributed by atoms with van der Waals surface area (Å²) in [6, 6.07) is 1.73. The van der Waals surface area contributed by atoms with Gasteiger partial charge >= 0.3 is 0 Å². The Morgan fingerprint density at radius 3 is 2.75 bits per heavy atom. The third-order valence-corrected chi connectivity index (χ3v) is 3.12. The van der Waals surface area contributed by atoms with E-state index >= 15 is 0 Å². The van der Waals surface area contributed by atoms with Crippen LogP contribution in [0.5, 0.6) is 0 Å². The first-order valence-corrected chi connectivity index (χ1v) is 6.64. The molecular formula is C12H18BrNO2. The quantitative estimate of drug-likeness (QED) is 0.595. The van der Waals surface area contributed by atoms with Crippen molar-refractivity contribution >= 4 is 21.8 Å². The molecule has 0 bridgehead atoms. The minimum Gasteiger partial charge on any atom is -0.469 e. The standard InChI is InChI=1S/C12H18BrNO2/c1-10-11(6-9-16-10)12(15)14(2)8-5-3-4-7-13/h6,9H,3-5,7-8H2,1-2H3. The van der Waals surface area contributed by atoms with E-state index in [4.69, 9.17) is 4.42 Å². The molecule has 0 fully saturated rings. The van der Waals surface area contributed by atoms with E-state index in [-0.39, 0.29) is 5.91 Å². The molecule has 16 heavy (non-hydrogen) atoms. The van der Waals surface area contributed by atoms with Crippen LogP contribution in [-0.4, -0.2) is 29.7 Å². The number of rotatable bonds is 6. The van der Waals surface area contributed by atoms with Crippen LogP contribution in [0.15, 0.2) is 16.7 Å². The highest BCUT2D eigenvalue weighted by atomic mass is 79.9. The van der Waals surface area contributed by atoms with Crippen molar-refractivity contribution in [1.29, 1.82) is 0 Å². The number of carbonyl (C=O) groups excluding carboxylic acids is 1. The van der Waals surface area contributed by atoms with Crippen molar-refractivity contribution in [2.45, 2.75) is 26.2 Å². The van der Waals surface area contributed by atoms with Crippen molar-refractivity contribution in [2.75, 3.05) is 18.9 Å². The second-order valence-electron chi connectivity index (χ2n) is 3.87. The molecule has 1 heterocycles. The predicted molar refractivity (Wildman–Crippen MR) is 68.1 cm³/mol. The molecule has 90 valence electrons. The van der Waals surface area contributed by atoms with Gasteiger partial charge in [0.15, 0.2) is 0 Å². The van der Waals surface area contributed by atoms with Gasteiger partial charge in [0, 0.05) is 18.9 Å². The Morgan fingerprint density at radius 2 is 2.19 bits per heavy atom. The Morgan fingerprint density at radius 1 is 1.44 bits per heavy atom. The fraction of sp³-hybridized carbons (Fsp3) is 0.583. The molecule has 0 unspecified atom stereocenters. The smallest absolute Gasteiger partial charge is 0.257 e. The summed E-state index contributed by atoms with van der Waals surface area (Å²) >= 11 is 3.39. The van der Waals surface area contributed by atoms with Crippen LogP contribution >= 0.6 is 15.9 Å². The minimum absolute atomic E-state index is 0.0464. The summed E-state index contributed by atoms with van der Waals surface area (Å²) < 4.78 is 5.13. The number of furan rings is 1. The lowest BCUT2D eigenvalue weighted by Gasteiger charge is -2.16. The number of carbonyl (C=O) groups is 1. The number of nitrogens with zero attached hydrogens (tertiary/aromatic N) is 1. The summed E-state index contributed by atoms with van der Waals surface area (Å²) in [5.74, 6) is 0.738. The van der Waals surface area contributed by atoms with Gasteiger partial charge in [-0.3, -0.25) is 4.79 Å². The SMILES string of the molecule is Cc1occc1C(=O)N(C)CCCCCBr. The Hall–Kier alpha value is -0.770. The summed E-state index contributed by atoms with van der Waals surface area (Å²) in [5.41, 5.74) is 0.669.